The van der Waals surface area contributed by atoms with Crippen LogP contribution in [0.2, 0.25) is 0 Å². The first-order valence-corrected chi connectivity index (χ1v) is 7.37. The standard InChI is InChI=1S/C15H18FN5O/c1-2-11-14(16)15(18-10-17-11)21-8-6-20(7-9-21)12-4-3-5-13(22)19-12/h3-5,10H,2,6-9H2,1H3,(H,19,22). The van der Waals surface area contributed by atoms with E-state index in [1.165, 1.54) is 12.4 Å². The molecule has 116 valence electrons. The second-order valence-corrected chi connectivity index (χ2v) is 5.19. The number of rotatable bonds is 3. The van der Waals surface area contributed by atoms with Gasteiger partial charge in [0.05, 0.1) is 5.69 Å². The molecular weight excluding hydrogens is 285 g/mol. The first-order valence-electron chi connectivity index (χ1n) is 7.37. The molecule has 0 atom stereocenters. The van der Waals surface area contributed by atoms with Crippen molar-refractivity contribution < 1.29 is 4.39 Å². The molecule has 1 N–H and O–H groups in total. The minimum absolute atomic E-state index is 0.116. The Morgan fingerprint density at radius 3 is 2.59 bits per heavy atom. The average Bonchev–Trinajstić information content (AvgIpc) is 2.55. The van der Waals surface area contributed by atoms with Crippen molar-refractivity contribution in [1.29, 1.82) is 0 Å². The van der Waals surface area contributed by atoms with Crippen LogP contribution in [-0.2, 0) is 6.42 Å². The van der Waals surface area contributed by atoms with E-state index in [1.807, 2.05) is 17.9 Å². The molecule has 0 radical (unpaired) electrons. The number of anilines is 2. The summed E-state index contributed by atoms with van der Waals surface area (Å²) in [6.45, 7) is 4.57. The number of nitrogens with one attached hydrogen (secondary N) is 1. The Hall–Kier alpha value is -2.44. The van der Waals surface area contributed by atoms with E-state index in [2.05, 4.69) is 19.9 Å². The maximum Gasteiger partial charge on any atom is 0.249 e. The molecule has 6 nitrogen and oxygen atoms in total. The Labute approximate surface area is 127 Å². The van der Waals surface area contributed by atoms with Crippen LogP contribution >= 0.6 is 0 Å². The summed E-state index contributed by atoms with van der Waals surface area (Å²) in [5, 5.41) is 0. The third-order valence-electron chi connectivity index (χ3n) is 3.85. The van der Waals surface area contributed by atoms with Crippen LogP contribution in [0, 0.1) is 5.82 Å². The number of hydrogen-bond donors (Lipinski definition) is 1. The van der Waals surface area contributed by atoms with Crippen LogP contribution in [0.25, 0.3) is 0 Å². The van der Waals surface area contributed by atoms with Gasteiger partial charge in [0.25, 0.3) is 0 Å². The van der Waals surface area contributed by atoms with Crippen LogP contribution in [0.1, 0.15) is 12.6 Å². The van der Waals surface area contributed by atoms with Crippen molar-refractivity contribution in [2.75, 3.05) is 36.0 Å². The molecule has 1 aliphatic heterocycles. The van der Waals surface area contributed by atoms with Crippen LogP contribution in [0.3, 0.4) is 0 Å². The zero-order valence-electron chi connectivity index (χ0n) is 12.4. The van der Waals surface area contributed by atoms with Crippen molar-refractivity contribution in [3.8, 4) is 0 Å². The van der Waals surface area contributed by atoms with Crippen LogP contribution in [-0.4, -0.2) is 41.1 Å². The summed E-state index contributed by atoms with van der Waals surface area (Å²) >= 11 is 0. The van der Waals surface area contributed by atoms with Gasteiger partial charge in [-0.3, -0.25) is 4.79 Å². The molecule has 1 aliphatic rings. The molecule has 2 aromatic heterocycles. The van der Waals surface area contributed by atoms with E-state index in [4.69, 9.17) is 0 Å². The quantitative estimate of drug-likeness (QED) is 0.923. The maximum absolute atomic E-state index is 14.3. The Balaban J connectivity index is 1.73. The highest BCUT2D eigenvalue weighted by Crippen LogP contribution is 2.21. The van der Waals surface area contributed by atoms with Crippen molar-refractivity contribution in [1.82, 2.24) is 15.0 Å². The van der Waals surface area contributed by atoms with Gasteiger partial charge in [-0.15, -0.1) is 0 Å². The van der Waals surface area contributed by atoms with E-state index in [0.29, 0.717) is 44.1 Å². The Bertz CT molecular complexity index is 709. The predicted octanol–water partition coefficient (Wildman–Crippen LogP) is 1.19. The molecule has 0 bridgehead atoms. The Morgan fingerprint density at radius 2 is 1.91 bits per heavy atom. The summed E-state index contributed by atoms with van der Waals surface area (Å²) in [6, 6.07) is 5.10. The van der Waals surface area contributed by atoms with Gasteiger partial charge >= 0.3 is 0 Å². The number of H-pyrrole nitrogens is 1. The van der Waals surface area contributed by atoms with Crippen molar-refractivity contribution >= 4 is 11.6 Å². The fourth-order valence-corrected chi connectivity index (χ4v) is 2.64. The molecule has 1 saturated heterocycles. The largest absolute Gasteiger partial charge is 0.355 e. The lowest BCUT2D eigenvalue weighted by Gasteiger charge is -2.36. The normalized spacial score (nSPS) is 15.2. The molecule has 3 heterocycles. The van der Waals surface area contributed by atoms with Gasteiger partial charge in [0.1, 0.15) is 12.1 Å². The number of halogens is 1. The zero-order valence-corrected chi connectivity index (χ0v) is 12.4. The molecule has 22 heavy (non-hydrogen) atoms. The molecule has 0 spiro atoms. The van der Waals surface area contributed by atoms with Gasteiger partial charge in [-0.25, -0.2) is 14.4 Å². The number of nitrogens with zero attached hydrogens (tertiary/aromatic N) is 4. The smallest absolute Gasteiger partial charge is 0.249 e. The van der Waals surface area contributed by atoms with Gasteiger partial charge in [-0.05, 0) is 12.5 Å². The number of hydrogen-bond acceptors (Lipinski definition) is 5. The predicted molar refractivity (Wildman–Crippen MR) is 82.9 cm³/mol. The van der Waals surface area contributed by atoms with Crippen LogP contribution in [0.15, 0.2) is 29.3 Å². The van der Waals surface area contributed by atoms with Gasteiger partial charge in [0.2, 0.25) is 5.56 Å². The van der Waals surface area contributed by atoms with Crippen LogP contribution in [0.4, 0.5) is 16.0 Å². The third kappa shape index (κ3) is 2.79. The number of aromatic amines is 1. The van der Waals surface area contributed by atoms with Gasteiger partial charge < -0.3 is 14.8 Å². The molecule has 0 unspecified atom stereocenters. The summed E-state index contributed by atoms with van der Waals surface area (Å²) < 4.78 is 14.3. The monoisotopic (exact) mass is 303 g/mol. The molecule has 0 amide bonds. The highest BCUT2D eigenvalue weighted by atomic mass is 19.1. The minimum atomic E-state index is -0.327. The van der Waals surface area contributed by atoms with Crippen molar-refractivity contribution in [3.63, 3.8) is 0 Å². The molecule has 1 fully saturated rings. The van der Waals surface area contributed by atoms with E-state index in [9.17, 15) is 9.18 Å². The van der Waals surface area contributed by atoms with Crippen LogP contribution in [0.5, 0.6) is 0 Å². The highest BCUT2D eigenvalue weighted by Gasteiger charge is 2.22. The SMILES string of the molecule is CCc1ncnc(N2CCN(c3cccc(=O)[nH]3)CC2)c1F. The second kappa shape index (κ2) is 6.13. The lowest BCUT2D eigenvalue weighted by atomic mass is 10.2. The molecule has 0 saturated carbocycles. The molecule has 0 aliphatic carbocycles. The minimum Gasteiger partial charge on any atom is -0.355 e. The average molecular weight is 303 g/mol. The van der Waals surface area contributed by atoms with E-state index >= 15 is 0 Å². The van der Waals surface area contributed by atoms with Gasteiger partial charge in [0.15, 0.2) is 11.6 Å². The molecule has 0 aromatic carbocycles. The molecule has 2 aromatic rings. The van der Waals surface area contributed by atoms with E-state index in [0.717, 1.165) is 5.82 Å². The first kappa shape index (κ1) is 14.5. The molecule has 3 rings (SSSR count). The summed E-state index contributed by atoms with van der Waals surface area (Å²) in [4.78, 5) is 26.2. The topological polar surface area (TPSA) is 65.1 Å². The van der Waals surface area contributed by atoms with Crippen molar-refractivity contribution in [2.24, 2.45) is 0 Å². The van der Waals surface area contributed by atoms with Crippen LogP contribution < -0.4 is 15.4 Å². The fourth-order valence-electron chi connectivity index (χ4n) is 2.64. The molecular formula is C15H18FN5O. The van der Waals surface area contributed by atoms with Crippen molar-refractivity contribution in [3.05, 3.63) is 46.4 Å². The summed E-state index contributed by atoms with van der Waals surface area (Å²) in [5.41, 5.74) is 0.328. The summed E-state index contributed by atoms with van der Waals surface area (Å²) in [6.07, 6.45) is 1.96. The summed E-state index contributed by atoms with van der Waals surface area (Å²) in [5.74, 6) is 0.837. The number of piperazine rings is 1. The van der Waals surface area contributed by atoms with E-state index in [-0.39, 0.29) is 11.4 Å². The number of aromatic nitrogens is 3. The fraction of sp³-hybridized carbons (Fsp3) is 0.400. The lowest BCUT2D eigenvalue weighted by molar-refractivity contribution is 0.568. The third-order valence-corrected chi connectivity index (χ3v) is 3.85. The van der Waals surface area contributed by atoms with Gasteiger partial charge in [-0.2, -0.15) is 0 Å². The van der Waals surface area contributed by atoms with Gasteiger partial charge in [0, 0.05) is 32.2 Å². The Morgan fingerprint density at radius 1 is 1.18 bits per heavy atom. The van der Waals surface area contributed by atoms with E-state index < -0.39 is 0 Å². The highest BCUT2D eigenvalue weighted by molar-refractivity contribution is 5.45. The first-order chi connectivity index (χ1) is 10.7. The maximum atomic E-state index is 14.3. The number of aryl methyl sites for hydroxylation is 1. The Kier molecular flexibility index (Phi) is 4.04. The second-order valence-electron chi connectivity index (χ2n) is 5.19. The van der Waals surface area contributed by atoms with E-state index in [1.54, 1.807) is 6.07 Å². The zero-order chi connectivity index (χ0) is 15.5. The van der Waals surface area contributed by atoms with Gasteiger partial charge in [-0.1, -0.05) is 13.0 Å². The number of pyridine rings is 1. The van der Waals surface area contributed by atoms with Crippen molar-refractivity contribution in [2.45, 2.75) is 13.3 Å². The summed E-state index contributed by atoms with van der Waals surface area (Å²) in [7, 11) is 0. The lowest BCUT2D eigenvalue weighted by Crippen LogP contribution is -2.47. The molecule has 7 heteroatoms.